The fourth-order valence-electron chi connectivity index (χ4n) is 3.18. The molecule has 2 heterocycles. The third kappa shape index (κ3) is 3.91. The van der Waals surface area contributed by atoms with E-state index in [1.807, 2.05) is 29.9 Å². The van der Waals surface area contributed by atoms with Gasteiger partial charge >= 0.3 is 0 Å². The average molecular weight is 439 g/mol. The fourth-order valence-corrected chi connectivity index (χ4v) is 3.18. The first-order valence-corrected chi connectivity index (χ1v) is 8.27. The number of halogens is 1. The molecule has 2 aromatic rings. The summed E-state index contributed by atoms with van der Waals surface area (Å²) in [5, 5.41) is 8.20. The van der Waals surface area contributed by atoms with Gasteiger partial charge in [-0.3, -0.25) is 4.99 Å². The summed E-state index contributed by atoms with van der Waals surface area (Å²) in [4.78, 5) is 6.74. The minimum Gasteiger partial charge on any atom is -0.352 e. The number of hydrogen-bond acceptors (Lipinski definition) is 2. The van der Waals surface area contributed by atoms with Gasteiger partial charge in [0, 0.05) is 37.9 Å². The lowest BCUT2D eigenvalue weighted by Crippen LogP contribution is -2.39. The summed E-state index contributed by atoms with van der Waals surface area (Å²) in [6.45, 7) is 7.15. The molecule has 0 bridgehead atoms. The largest absolute Gasteiger partial charge is 0.352 e. The lowest BCUT2D eigenvalue weighted by atomic mass is 10.2. The zero-order chi connectivity index (χ0) is 16.2. The number of benzene rings is 1. The zero-order valence-electron chi connectivity index (χ0n) is 14.6. The van der Waals surface area contributed by atoms with Crippen LogP contribution >= 0.6 is 24.0 Å². The first kappa shape index (κ1) is 18.8. The molecule has 1 N–H and O–H groups in total. The number of hydrogen-bond donors (Lipinski definition) is 1. The minimum atomic E-state index is 0. The van der Waals surface area contributed by atoms with Crippen LogP contribution in [0.3, 0.4) is 0 Å². The van der Waals surface area contributed by atoms with E-state index in [0.717, 1.165) is 37.0 Å². The second-order valence-electron chi connectivity index (χ2n) is 5.99. The lowest BCUT2D eigenvalue weighted by molar-refractivity contribution is 0.493. The monoisotopic (exact) mass is 439 g/mol. The molecule has 24 heavy (non-hydrogen) atoms. The van der Waals surface area contributed by atoms with Gasteiger partial charge in [-0.15, -0.1) is 24.0 Å². The first-order valence-electron chi connectivity index (χ1n) is 8.27. The van der Waals surface area contributed by atoms with Crippen LogP contribution in [0.5, 0.6) is 0 Å². The van der Waals surface area contributed by atoms with Crippen LogP contribution in [0.25, 0.3) is 5.69 Å². The summed E-state index contributed by atoms with van der Waals surface area (Å²) < 4.78 is 2.02. The Morgan fingerprint density at radius 3 is 2.46 bits per heavy atom. The van der Waals surface area contributed by atoms with Crippen molar-refractivity contribution >= 4 is 29.9 Å². The molecule has 6 heteroatoms. The smallest absolute Gasteiger partial charge is 0.193 e. The minimum absolute atomic E-state index is 0. The van der Waals surface area contributed by atoms with Crippen molar-refractivity contribution in [2.24, 2.45) is 4.99 Å². The van der Waals surface area contributed by atoms with Crippen LogP contribution in [-0.2, 0) is 6.54 Å². The lowest BCUT2D eigenvalue weighted by Gasteiger charge is -2.20. The van der Waals surface area contributed by atoms with Gasteiger partial charge in [-0.25, -0.2) is 4.68 Å². The van der Waals surface area contributed by atoms with E-state index in [0.29, 0.717) is 0 Å². The van der Waals surface area contributed by atoms with Crippen LogP contribution in [0.15, 0.2) is 35.3 Å². The Bertz CT molecular complexity index is 687. The van der Waals surface area contributed by atoms with Crippen molar-refractivity contribution in [3.8, 4) is 5.69 Å². The predicted molar refractivity (Wildman–Crippen MR) is 109 cm³/mol. The number of likely N-dealkylation sites (tertiary alicyclic amines) is 1. The zero-order valence-corrected chi connectivity index (χ0v) is 16.9. The average Bonchev–Trinajstić information content (AvgIpc) is 3.19. The highest BCUT2D eigenvalue weighted by atomic mass is 127. The van der Waals surface area contributed by atoms with Crippen LogP contribution < -0.4 is 5.32 Å². The highest BCUT2D eigenvalue weighted by Crippen LogP contribution is 2.18. The van der Waals surface area contributed by atoms with Gasteiger partial charge in [-0.1, -0.05) is 18.2 Å². The summed E-state index contributed by atoms with van der Waals surface area (Å²) in [5.41, 5.74) is 4.59. The van der Waals surface area contributed by atoms with Gasteiger partial charge in [0.25, 0.3) is 0 Å². The summed E-state index contributed by atoms with van der Waals surface area (Å²) in [7, 11) is 1.85. The van der Waals surface area contributed by atoms with Crippen LogP contribution in [0.1, 0.15) is 29.8 Å². The number of aryl methyl sites for hydroxylation is 1. The Labute approximate surface area is 161 Å². The summed E-state index contributed by atoms with van der Waals surface area (Å²) in [6, 6.07) is 10.3. The van der Waals surface area contributed by atoms with Crippen molar-refractivity contribution in [3.05, 3.63) is 47.3 Å². The van der Waals surface area contributed by atoms with Crippen LogP contribution in [0.4, 0.5) is 0 Å². The van der Waals surface area contributed by atoms with Crippen LogP contribution in [0, 0.1) is 13.8 Å². The van der Waals surface area contributed by atoms with Gasteiger partial charge in [0.1, 0.15) is 0 Å². The van der Waals surface area contributed by atoms with Crippen molar-refractivity contribution in [2.75, 3.05) is 20.1 Å². The van der Waals surface area contributed by atoms with Crippen molar-refractivity contribution < 1.29 is 0 Å². The van der Waals surface area contributed by atoms with Crippen molar-refractivity contribution in [1.29, 1.82) is 0 Å². The van der Waals surface area contributed by atoms with Gasteiger partial charge in [0.2, 0.25) is 0 Å². The Morgan fingerprint density at radius 1 is 1.17 bits per heavy atom. The van der Waals surface area contributed by atoms with E-state index in [-0.39, 0.29) is 24.0 Å². The molecule has 0 aliphatic carbocycles. The van der Waals surface area contributed by atoms with Crippen molar-refractivity contribution in [3.63, 3.8) is 0 Å². The standard InChI is InChI=1S/C18H25N5.HI/c1-14-17(13-20-18(19-3)22-11-7-8-12-22)15(2)23(21-14)16-9-5-4-6-10-16;/h4-6,9-10H,7-8,11-13H2,1-3H3,(H,19,20);1H. The van der Waals surface area contributed by atoms with Crippen LogP contribution in [-0.4, -0.2) is 40.8 Å². The molecule has 0 unspecified atom stereocenters. The molecule has 3 rings (SSSR count). The van der Waals surface area contributed by atoms with Gasteiger partial charge in [0.15, 0.2) is 5.96 Å². The Morgan fingerprint density at radius 2 is 1.83 bits per heavy atom. The van der Waals surface area contributed by atoms with Crippen molar-refractivity contribution in [1.82, 2.24) is 20.0 Å². The molecule has 0 amide bonds. The Balaban J connectivity index is 0.00000208. The van der Waals surface area contributed by atoms with Gasteiger partial charge in [0.05, 0.1) is 11.4 Å². The van der Waals surface area contributed by atoms with E-state index >= 15 is 0 Å². The second kappa shape index (κ2) is 8.50. The highest BCUT2D eigenvalue weighted by molar-refractivity contribution is 14.0. The molecule has 1 aromatic carbocycles. The number of guanidine groups is 1. The summed E-state index contributed by atoms with van der Waals surface area (Å²) >= 11 is 0. The third-order valence-corrected chi connectivity index (χ3v) is 4.48. The maximum absolute atomic E-state index is 4.70. The Hall–Kier alpha value is -1.57. The number of rotatable bonds is 3. The summed E-state index contributed by atoms with van der Waals surface area (Å²) in [6.07, 6.45) is 2.51. The highest BCUT2D eigenvalue weighted by Gasteiger charge is 2.17. The number of nitrogens with zero attached hydrogens (tertiary/aromatic N) is 4. The van der Waals surface area contributed by atoms with E-state index < -0.39 is 0 Å². The molecule has 0 spiro atoms. The SMILES string of the molecule is CN=C(NCc1c(C)nn(-c2ccccc2)c1C)N1CCCC1.I. The quantitative estimate of drug-likeness (QED) is 0.454. The molecular formula is C18H26IN5. The van der Waals surface area contributed by atoms with Crippen LogP contribution in [0.2, 0.25) is 0 Å². The normalized spacial score (nSPS) is 14.6. The van der Waals surface area contributed by atoms with Gasteiger partial charge in [-0.05, 0) is 38.8 Å². The van der Waals surface area contributed by atoms with Gasteiger partial charge < -0.3 is 10.2 Å². The molecule has 1 aliphatic rings. The molecule has 0 atom stereocenters. The molecule has 0 radical (unpaired) electrons. The number of aliphatic imine (C=N–C) groups is 1. The van der Waals surface area contributed by atoms with E-state index in [9.17, 15) is 0 Å². The molecule has 1 aliphatic heterocycles. The number of nitrogens with one attached hydrogen (secondary N) is 1. The molecule has 5 nitrogen and oxygen atoms in total. The van der Waals surface area contributed by atoms with E-state index in [1.54, 1.807) is 0 Å². The van der Waals surface area contributed by atoms with E-state index in [4.69, 9.17) is 5.10 Å². The number of aromatic nitrogens is 2. The topological polar surface area (TPSA) is 45.5 Å². The maximum atomic E-state index is 4.70. The second-order valence-corrected chi connectivity index (χ2v) is 5.99. The molecule has 1 fully saturated rings. The summed E-state index contributed by atoms with van der Waals surface area (Å²) in [5.74, 6) is 0.994. The predicted octanol–water partition coefficient (Wildman–Crippen LogP) is 3.28. The van der Waals surface area contributed by atoms with Crippen molar-refractivity contribution in [2.45, 2.75) is 33.2 Å². The molecule has 130 valence electrons. The van der Waals surface area contributed by atoms with Gasteiger partial charge in [-0.2, -0.15) is 5.10 Å². The van der Waals surface area contributed by atoms with E-state index in [1.165, 1.54) is 24.1 Å². The maximum Gasteiger partial charge on any atom is 0.193 e. The molecule has 0 saturated carbocycles. The molecular weight excluding hydrogens is 413 g/mol. The first-order chi connectivity index (χ1) is 11.2. The molecule has 1 aromatic heterocycles. The third-order valence-electron chi connectivity index (χ3n) is 4.48. The molecule has 1 saturated heterocycles. The van der Waals surface area contributed by atoms with E-state index in [2.05, 4.69) is 41.2 Å². The fraction of sp³-hybridized carbons (Fsp3) is 0.444. The Kier molecular flexibility index (Phi) is 6.65. The number of para-hydroxylation sites is 1.